The molecule has 0 spiro atoms. The van der Waals surface area contributed by atoms with Gasteiger partial charge in [-0.15, -0.1) is 11.3 Å². The first-order valence-corrected chi connectivity index (χ1v) is 7.71. The molecule has 5 heteroatoms. The number of carbonyl (C=O) groups is 1. The average Bonchev–Trinajstić information content (AvgIpc) is 2.78. The van der Waals surface area contributed by atoms with E-state index in [1.54, 1.807) is 11.3 Å². The maximum atomic E-state index is 11.6. The van der Waals surface area contributed by atoms with E-state index in [-0.39, 0.29) is 12.6 Å². The molecule has 1 atom stereocenters. The van der Waals surface area contributed by atoms with Gasteiger partial charge in [0.15, 0.2) is 0 Å². The standard InChI is InChI=1S/C16H21NO3S/c1-10(17(15(19)20)16(2,3)4)14-8-12-7-11(9-18)5-6-13(12)21-14/h5-8,10,18H,9H2,1-4H3,(H,19,20). The van der Waals surface area contributed by atoms with E-state index >= 15 is 0 Å². The Hall–Kier alpha value is -1.59. The van der Waals surface area contributed by atoms with E-state index < -0.39 is 11.6 Å². The fourth-order valence-electron chi connectivity index (χ4n) is 2.58. The summed E-state index contributed by atoms with van der Waals surface area (Å²) in [5, 5.41) is 19.7. The van der Waals surface area contributed by atoms with Crippen molar-refractivity contribution in [2.24, 2.45) is 0 Å². The molecule has 0 saturated carbocycles. The first-order chi connectivity index (χ1) is 9.74. The van der Waals surface area contributed by atoms with Crippen LogP contribution in [0.3, 0.4) is 0 Å². The Labute approximate surface area is 128 Å². The summed E-state index contributed by atoms with van der Waals surface area (Å²) in [5.74, 6) is 0. The molecule has 0 aliphatic carbocycles. The number of carboxylic acid groups (broad SMARTS) is 1. The van der Waals surface area contributed by atoms with Crippen LogP contribution in [0, 0.1) is 0 Å². The molecule has 0 saturated heterocycles. The summed E-state index contributed by atoms with van der Waals surface area (Å²) in [6, 6.07) is 7.63. The monoisotopic (exact) mass is 307 g/mol. The van der Waals surface area contributed by atoms with E-state index in [4.69, 9.17) is 0 Å². The quantitative estimate of drug-likeness (QED) is 0.892. The normalized spacial score (nSPS) is 13.4. The molecule has 1 aromatic heterocycles. The summed E-state index contributed by atoms with van der Waals surface area (Å²) < 4.78 is 1.10. The van der Waals surface area contributed by atoms with Gasteiger partial charge in [-0.1, -0.05) is 6.07 Å². The number of thiophene rings is 1. The minimum atomic E-state index is -0.913. The van der Waals surface area contributed by atoms with Crippen LogP contribution in [0.2, 0.25) is 0 Å². The van der Waals surface area contributed by atoms with E-state index in [0.29, 0.717) is 0 Å². The smallest absolute Gasteiger partial charge is 0.408 e. The molecule has 4 nitrogen and oxygen atoms in total. The summed E-state index contributed by atoms with van der Waals surface area (Å²) in [6.07, 6.45) is -0.913. The second-order valence-electron chi connectivity index (χ2n) is 6.18. The molecule has 0 aliphatic heterocycles. The third kappa shape index (κ3) is 3.19. The Kier molecular flexibility index (Phi) is 4.25. The zero-order chi connectivity index (χ0) is 15.8. The first kappa shape index (κ1) is 15.8. The van der Waals surface area contributed by atoms with Crippen molar-refractivity contribution in [2.75, 3.05) is 0 Å². The van der Waals surface area contributed by atoms with Crippen molar-refractivity contribution in [1.29, 1.82) is 0 Å². The van der Waals surface area contributed by atoms with Crippen LogP contribution in [-0.2, 0) is 6.61 Å². The van der Waals surface area contributed by atoms with Crippen LogP contribution in [0.25, 0.3) is 10.1 Å². The molecule has 2 N–H and O–H groups in total. The number of rotatable bonds is 3. The van der Waals surface area contributed by atoms with Crippen LogP contribution in [0.15, 0.2) is 24.3 Å². The first-order valence-electron chi connectivity index (χ1n) is 6.89. The van der Waals surface area contributed by atoms with E-state index in [1.165, 1.54) is 4.90 Å². The molecule has 0 fully saturated rings. The molecule has 2 rings (SSSR count). The number of fused-ring (bicyclic) bond motifs is 1. The lowest BCUT2D eigenvalue weighted by atomic mass is 10.0. The van der Waals surface area contributed by atoms with Gasteiger partial charge in [-0.3, -0.25) is 4.90 Å². The number of hydrogen-bond donors (Lipinski definition) is 2. The van der Waals surface area contributed by atoms with Crippen LogP contribution in [-0.4, -0.2) is 26.7 Å². The van der Waals surface area contributed by atoms with Crippen LogP contribution in [0.4, 0.5) is 4.79 Å². The molecule has 2 aromatic rings. The van der Waals surface area contributed by atoms with Gasteiger partial charge in [0.25, 0.3) is 0 Å². The number of benzene rings is 1. The average molecular weight is 307 g/mol. The van der Waals surface area contributed by atoms with Crippen molar-refractivity contribution in [2.45, 2.75) is 45.9 Å². The minimum absolute atomic E-state index is 0.0138. The molecule has 1 aromatic carbocycles. The molecule has 1 heterocycles. The predicted molar refractivity (Wildman–Crippen MR) is 85.8 cm³/mol. The Balaban J connectivity index is 2.42. The lowest BCUT2D eigenvalue weighted by Gasteiger charge is -2.37. The lowest BCUT2D eigenvalue weighted by molar-refractivity contribution is 0.0763. The van der Waals surface area contributed by atoms with E-state index in [2.05, 4.69) is 0 Å². The van der Waals surface area contributed by atoms with E-state index in [1.807, 2.05) is 52.0 Å². The van der Waals surface area contributed by atoms with Gasteiger partial charge < -0.3 is 10.2 Å². The molecule has 114 valence electrons. The second-order valence-corrected chi connectivity index (χ2v) is 7.29. The van der Waals surface area contributed by atoms with E-state index in [9.17, 15) is 15.0 Å². The molecular formula is C16H21NO3S. The second kappa shape index (κ2) is 5.66. The fraction of sp³-hybridized carbons (Fsp3) is 0.438. The third-order valence-corrected chi connectivity index (χ3v) is 4.80. The lowest BCUT2D eigenvalue weighted by Crippen LogP contribution is -2.46. The molecule has 0 aliphatic rings. The molecule has 21 heavy (non-hydrogen) atoms. The Morgan fingerprint density at radius 1 is 1.33 bits per heavy atom. The topological polar surface area (TPSA) is 60.8 Å². The Morgan fingerprint density at radius 2 is 2.00 bits per heavy atom. The molecule has 0 radical (unpaired) electrons. The van der Waals surface area contributed by atoms with Crippen LogP contribution < -0.4 is 0 Å². The summed E-state index contributed by atoms with van der Waals surface area (Å²) in [5.41, 5.74) is 0.405. The summed E-state index contributed by atoms with van der Waals surface area (Å²) in [4.78, 5) is 14.1. The maximum absolute atomic E-state index is 11.6. The third-order valence-electron chi connectivity index (χ3n) is 3.51. The maximum Gasteiger partial charge on any atom is 0.408 e. The van der Waals surface area contributed by atoms with Crippen molar-refractivity contribution in [3.05, 3.63) is 34.7 Å². The zero-order valence-electron chi connectivity index (χ0n) is 12.8. The summed E-state index contributed by atoms with van der Waals surface area (Å²) in [6.45, 7) is 7.62. The highest BCUT2D eigenvalue weighted by Gasteiger charge is 2.32. The largest absolute Gasteiger partial charge is 0.465 e. The number of aliphatic hydroxyl groups is 1. The number of aliphatic hydroxyl groups excluding tert-OH is 1. The summed E-state index contributed by atoms with van der Waals surface area (Å²) in [7, 11) is 0. The summed E-state index contributed by atoms with van der Waals surface area (Å²) >= 11 is 1.60. The Bertz CT molecular complexity index is 657. The highest BCUT2D eigenvalue weighted by Crippen LogP contribution is 2.36. The van der Waals surface area contributed by atoms with Gasteiger partial charge in [0, 0.05) is 15.1 Å². The van der Waals surface area contributed by atoms with Crippen molar-refractivity contribution in [3.8, 4) is 0 Å². The highest BCUT2D eigenvalue weighted by atomic mass is 32.1. The molecule has 0 bridgehead atoms. The van der Waals surface area contributed by atoms with Crippen LogP contribution >= 0.6 is 11.3 Å². The van der Waals surface area contributed by atoms with Crippen LogP contribution in [0.1, 0.15) is 44.2 Å². The number of amides is 1. The van der Waals surface area contributed by atoms with Crippen molar-refractivity contribution in [3.63, 3.8) is 0 Å². The van der Waals surface area contributed by atoms with Crippen molar-refractivity contribution < 1.29 is 15.0 Å². The van der Waals surface area contributed by atoms with Crippen molar-refractivity contribution in [1.82, 2.24) is 4.90 Å². The van der Waals surface area contributed by atoms with Crippen molar-refractivity contribution >= 4 is 27.5 Å². The number of nitrogens with zero attached hydrogens (tertiary/aromatic N) is 1. The van der Waals surface area contributed by atoms with Gasteiger partial charge in [0.05, 0.1) is 12.6 Å². The molecule has 1 amide bonds. The van der Waals surface area contributed by atoms with Gasteiger partial charge in [-0.05, 0) is 56.8 Å². The molecular weight excluding hydrogens is 286 g/mol. The highest BCUT2D eigenvalue weighted by molar-refractivity contribution is 7.19. The van der Waals surface area contributed by atoms with Crippen LogP contribution in [0.5, 0.6) is 0 Å². The fourth-order valence-corrected chi connectivity index (χ4v) is 3.67. The van der Waals surface area contributed by atoms with Gasteiger partial charge >= 0.3 is 6.09 Å². The SMILES string of the molecule is CC(c1cc2cc(CO)ccc2s1)N(C(=O)O)C(C)(C)C. The zero-order valence-corrected chi connectivity index (χ0v) is 13.6. The molecule has 1 unspecified atom stereocenters. The minimum Gasteiger partial charge on any atom is -0.465 e. The van der Waals surface area contributed by atoms with Gasteiger partial charge in [0.2, 0.25) is 0 Å². The Morgan fingerprint density at radius 3 is 2.52 bits per heavy atom. The van der Waals surface area contributed by atoms with Gasteiger partial charge in [-0.25, -0.2) is 4.79 Å². The predicted octanol–water partition coefficient (Wildman–Crippen LogP) is 4.23. The van der Waals surface area contributed by atoms with E-state index in [0.717, 1.165) is 20.5 Å². The van der Waals surface area contributed by atoms with Gasteiger partial charge in [-0.2, -0.15) is 0 Å². The number of hydrogen-bond acceptors (Lipinski definition) is 3. The van der Waals surface area contributed by atoms with Gasteiger partial charge in [0.1, 0.15) is 0 Å².